The summed E-state index contributed by atoms with van der Waals surface area (Å²) in [5.41, 5.74) is 2.54. The van der Waals surface area contributed by atoms with E-state index >= 15 is 0 Å². The second kappa shape index (κ2) is 8.01. The number of benzene rings is 2. The zero-order valence-corrected chi connectivity index (χ0v) is 16.1. The molecule has 2 heterocycles. The lowest BCUT2D eigenvalue weighted by Gasteiger charge is -2.25. The van der Waals surface area contributed by atoms with E-state index in [9.17, 15) is 14.0 Å². The average Bonchev–Trinajstić information content (AvgIpc) is 3.01. The number of hydrogen-bond acceptors (Lipinski definition) is 3. The Bertz CT molecular complexity index is 1070. The maximum absolute atomic E-state index is 13.4. The lowest BCUT2D eigenvalue weighted by atomic mass is 10.0. The third-order valence-corrected chi connectivity index (χ3v) is 5.20. The third kappa shape index (κ3) is 3.84. The lowest BCUT2D eigenvalue weighted by Crippen LogP contribution is -2.38. The van der Waals surface area contributed by atoms with Crippen molar-refractivity contribution in [1.82, 2.24) is 15.2 Å². The normalized spacial score (nSPS) is 15.3. The number of nitrogens with one attached hydrogen (secondary N) is 1. The highest BCUT2D eigenvalue weighted by molar-refractivity contribution is 6.31. The van der Waals surface area contributed by atoms with Crippen LogP contribution in [0.15, 0.2) is 67.0 Å². The molecule has 0 fully saturated rings. The van der Waals surface area contributed by atoms with Crippen molar-refractivity contribution in [2.45, 2.75) is 19.1 Å². The highest BCUT2D eigenvalue weighted by Gasteiger charge is 2.40. The second-order valence-electron chi connectivity index (χ2n) is 6.74. The van der Waals surface area contributed by atoms with E-state index in [4.69, 9.17) is 11.6 Å². The largest absolute Gasteiger partial charge is 0.350 e. The first-order valence-electron chi connectivity index (χ1n) is 9.05. The maximum atomic E-state index is 13.4. The fraction of sp³-hybridized carbons (Fsp3) is 0.136. The summed E-state index contributed by atoms with van der Waals surface area (Å²) in [5.74, 6) is -1.02. The molecule has 0 unspecified atom stereocenters. The fourth-order valence-corrected chi connectivity index (χ4v) is 3.66. The molecule has 4 rings (SSSR count). The number of halogens is 2. The minimum atomic E-state index is -0.795. The number of hydrogen-bond donors (Lipinski definition) is 1. The Labute approximate surface area is 172 Å². The minimum Gasteiger partial charge on any atom is -0.350 e. The molecule has 3 aromatic rings. The Morgan fingerprint density at radius 2 is 2.00 bits per heavy atom. The molecule has 0 radical (unpaired) electrons. The van der Waals surface area contributed by atoms with Crippen LogP contribution in [0.2, 0.25) is 5.02 Å². The molecule has 29 heavy (non-hydrogen) atoms. The summed E-state index contributed by atoms with van der Waals surface area (Å²) >= 11 is 6.15. The predicted octanol–water partition coefficient (Wildman–Crippen LogP) is 3.89. The lowest BCUT2D eigenvalue weighted by molar-refractivity contribution is -0.125. The molecule has 0 spiro atoms. The first-order chi connectivity index (χ1) is 14.0. The zero-order chi connectivity index (χ0) is 20.4. The van der Waals surface area contributed by atoms with E-state index in [1.807, 2.05) is 6.07 Å². The van der Waals surface area contributed by atoms with Crippen molar-refractivity contribution in [2.75, 3.05) is 0 Å². The number of nitrogens with zero attached hydrogens (tertiary/aromatic N) is 2. The molecule has 2 aromatic carbocycles. The summed E-state index contributed by atoms with van der Waals surface area (Å²) < 4.78 is 13.4. The van der Waals surface area contributed by atoms with Gasteiger partial charge < -0.3 is 10.2 Å². The van der Waals surface area contributed by atoms with Crippen LogP contribution in [0.25, 0.3) is 0 Å². The fourth-order valence-electron chi connectivity index (χ4n) is 3.44. The van der Waals surface area contributed by atoms with E-state index in [0.717, 1.165) is 5.56 Å². The zero-order valence-electron chi connectivity index (χ0n) is 15.3. The van der Waals surface area contributed by atoms with Crippen LogP contribution in [-0.2, 0) is 17.9 Å². The first kappa shape index (κ1) is 19.1. The molecule has 1 atom stereocenters. The van der Waals surface area contributed by atoms with Gasteiger partial charge >= 0.3 is 0 Å². The Morgan fingerprint density at radius 3 is 2.76 bits per heavy atom. The molecule has 1 aliphatic heterocycles. The van der Waals surface area contributed by atoms with Crippen LogP contribution in [0.5, 0.6) is 0 Å². The number of pyridine rings is 1. The first-order valence-corrected chi connectivity index (χ1v) is 9.43. The van der Waals surface area contributed by atoms with E-state index < -0.39 is 11.9 Å². The molecule has 0 aliphatic carbocycles. The minimum absolute atomic E-state index is 0.0948. The van der Waals surface area contributed by atoms with Gasteiger partial charge in [0.25, 0.3) is 5.91 Å². The molecule has 1 aromatic heterocycles. The van der Waals surface area contributed by atoms with Crippen LogP contribution in [0.3, 0.4) is 0 Å². The van der Waals surface area contributed by atoms with Crippen LogP contribution >= 0.6 is 11.6 Å². The van der Waals surface area contributed by atoms with Crippen molar-refractivity contribution in [3.05, 3.63) is 100 Å². The summed E-state index contributed by atoms with van der Waals surface area (Å²) in [6, 6.07) is 13.9. The van der Waals surface area contributed by atoms with Crippen LogP contribution < -0.4 is 5.32 Å². The van der Waals surface area contributed by atoms with Crippen molar-refractivity contribution in [3.8, 4) is 0 Å². The molecule has 7 heteroatoms. The summed E-state index contributed by atoms with van der Waals surface area (Å²) in [4.78, 5) is 31.5. The van der Waals surface area contributed by atoms with E-state index in [2.05, 4.69) is 10.3 Å². The van der Waals surface area contributed by atoms with Gasteiger partial charge in [-0.2, -0.15) is 0 Å². The van der Waals surface area contributed by atoms with Gasteiger partial charge in [-0.05, 0) is 41.0 Å². The second-order valence-corrected chi connectivity index (χ2v) is 7.14. The molecular weight excluding hydrogens is 393 g/mol. The summed E-state index contributed by atoms with van der Waals surface area (Å²) in [6.07, 6.45) is 3.33. The van der Waals surface area contributed by atoms with Gasteiger partial charge in [0.15, 0.2) is 0 Å². The topological polar surface area (TPSA) is 62.3 Å². The van der Waals surface area contributed by atoms with Gasteiger partial charge in [-0.25, -0.2) is 4.39 Å². The van der Waals surface area contributed by atoms with Gasteiger partial charge in [0.1, 0.15) is 11.9 Å². The van der Waals surface area contributed by atoms with E-state index in [1.54, 1.807) is 42.7 Å². The molecule has 0 bridgehead atoms. The average molecular weight is 410 g/mol. The molecule has 0 saturated heterocycles. The number of aromatic nitrogens is 1. The van der Waals surface area contributed by atoms with Gasteiger partial charge in [-0.15, -0.1) is 0 Å². The van der Waals surface area contributed by atoms with Crippen molar-refractivity contribution in [3.63, 3.8) is 0 Å². The number of fused-ring (bicyclic) bond motifs is 1. The number of rotatable bonds is 5. The molecule has 1 aliphatic rings. The quantitative estimate of drug-likeness (QED) is 0.695. The molecule has 1 N–H and O–H groups in total. The standard InChI is InChI=1S/C22H17ClFN3O2/c23-19-10-16(24)8-7-15(19)13-27-20(17-5-1-2-6-18(17)22(27)29)21(28)26-12-14-4-3-9-25-11-14/h1-11,20H,12-13H2,(H,26,28)/t20-/m0/s1. The summed E-state index contributed by atoms with van der Waals surface area (Å²) in [6.45, 7) is 0.391. The van der Waals surface area contributed by atoms with Gasteiger partial charge in [-0.3, -0.25) is 14.6 Å². The van der Waals surface area contributed by atoms with Crippen LogP contribution in [0, 0.1) is 5.82 Å². The molecule has 2 amide bonds. The van der Waals surface area contributed by atoms with Crippen LogP contribution in [0.4, 0.5) is 4.39 Å². The Morgan fingerprint density at radius 1 is 1.17 bits per heavy atom. The molecule has 146 valence electrons. The highest BCUT2D eigenvalue weighted by Crippen LogP contribution is 2.36. The van der Waals surface area contributed by atoms with E-state index in [-0.39, 0.29) is 23.4 Å². The molecule has 5 nitrogen and oxygen atoms in total. The predicted molar refractivity (Wildman–Crippen MR) is 107 cm³/mol. The van der Waals surface area contributed by atoms with E-state index in [0.29, 0.717) is 23.2 Å². The summed E-state index contributed by atoms with van der Waals surface area (Å²) in [7, 11) is 0. The SMILES string of the molecule is O=C(NCc1cccnc1)[C@@H]1c2ccccc2C(=O)N1Cc1ccc(F)cc1Cl. The maximum Gasteiger partial charge on any atom is 0.255 e. The Hall–Kier alpha value is -3.25. The van der Waals surface area contributed by atoms with Gasteiger partial charge in [-0.1, -0.05) is 41.9 Å². The highest BCUT2D eigenvalue weighted by atomic mass is 35.5. The van der Waals surface area contributed by atoms with Gasteiger partial charge in [0.2, 0.25) is 5.91 Å². The van der Waals surface area contributed by atoms with Crippen molar-refractivity contribution in [1.29, 1.82) is 0 Å². The number of carbonyl (C=O) groups is 2. The van der Waals surface area contributed by atoms with Gasteiger partial charge in [0, 0.05) is 36.1 Å². The smallest absolute Gasteiger partial charge is 0.255 e. The Kier molecular flexibility index (Phi) is 5.27. The van der Waals surface area contributed by atoms with Crippen molar-refractivity contribution < 1.29 is 14.0 Å². The van der Waals surface area contributed by atoms with Crippen molar-refractivity contribution >= 4 is 23.4 Å². The number of carbonyl (C=O) groups excluding carboxylic acids is 2. The monoisotopic (exact) mass is 409 g/mol. The van der Waals surface area contributed by atoms with Gasteiger partial charge in [0.05, 0.1) is 0 Å². The number of amides is 2. The third-order valence-electron chi connectivity index (χ3n) is 4.85. The van der Waals surface area contributed by atoms with Crippen LogP contribution in [0.1, 0.15) is 33.1 Å². The summed E-state index contributed by atoms with van der Waals surface area (Å²) in [5, 5.41) is 3.09. The van der Waals surface area contributed by atoms with Crippen molar-refractivity contribution in [2.24, 2.45) is 0 Å². The van der Waals surface area contributed by atoms with E-state index in [1.165, 1.54) is 23.1 Å². The molecular formula is C22H17ClFN3O2. The Balaban J connectivity index is 1.62. The molecule has 0 saturated carbocycles. The van der Waals surface area contributed by atoms with Crippen LogP contribution in [-0.4, -0.2) is 21.7 Å².